The van der Waals surface area contributed by atoms with Crippen molar-refractivity contribution in [1.82, 2.24) is 0 Å². The molecule has 0 bridgehead atoms. The number of rotatable bonds is 4. The maximum absolute atomic E-state index is 10.5. The van der Waals surface area contributed by atoms with Crippen molar-refractivity contribution in [3.8, 4) is 0 Å². The van der Waals surface area contributed by atoms with Crippen LogP contribution in [-0.2, 0) is 11.2 Å². The molecule has 0 aliphatic carbocycles. The molecular weight excluding hydrogens is 190 g/mol. The number of nitrogens with one attached hydrogen (secondary N) is 1. The zero-order valence-corrected chi connectivity index (χ0v) is 9.37. The highest BCUT2D eigenvalue weighted by molar-refractivity contribution is 5.70. The van der Waals surface area contributed by atoms with Crippen LogP contribution in [0.3, 0.4) is 0 Å². The predicted octanol–water partition coefficient (Wildman–Crippen LogP) is 2.44. The highest BCUT2D eigenvalue weighted by atomic mass is 16.4. The molecule has 1 rings (SSSR count). The van der Waals surface area contributed by atoms with Crippen molar-refractivity contribution in [3.63, 3.8) is 0 Å². The Labute approximate surface area is 90.1 Å². The molecule has 3 nitrogen and oxygen atoms in total. The lowest BCUT2D eigenvalue weighted by Gasteiger charge is -2.13. The standard InChI is InChI=1S/C12H17NO2/c1-8(2)13-11-5-4-10(6-9(11)3)7-12(14)15/h4-6,8,13H,7H2,1-3H3,(H,14,15). The van der Waals surface area contributed by atoms with Crippen molar-refractivity contribution >= 4 is 11.7 Å². The summed E-state index contributed by atoms with van der Waals surface area (Å²) in [6, 6.07) is 6.09. The molecule has 0 heterocycles. The molecule has 0 unspecified atom stereocenters. The van der Waals surface area contributed by atoms with Crippen LogP contribution in [-0.4, -0.2) is 17.1 Å². The number of hydrogen-bond donors (Lipinski definition) is 2. The van der Waals surface area contributed by atoms with Crippen LogP contribution < -0.4 is 5.32 Å². The quantitative estimate of drug-likeness (QED) is 0.797. The van der Waals surface area contributed by atoms with Gasteiger partial charge in [0.1, 0.15) is 0 Å². The number of anilines is 1. The van der Waals surface area contributed by atoms with Gasteiger partial charge >= 0.3 is 5.97 Å². The molecule has 0 aliphatic rings. The summed E-state index contributed by atoms with van der Waals surface area (Å²) in [5, 5.41) is 12.0. The van der Waals surface area contributed by atoms with Crippen LogP contribution in [0, 0.1) is 6.92 Å². The second-order valence-electron chi connectivity index (χ2n) is 4.02. The minimum absolute atomic E-state index is 0.0861. The van der Waals surface area contributed by atoms with Crippen LogP contribution in [0.2, 0.25) is 0 Å². The average Bonchev–Trinajstić information content (AvgIpc) is 2.08. The molecule has 82 valence electrons. The zero-order valence-electron chi connectivity index (χ0n) is 9.37. The SMILES string of the molecule is Cc1cc(CC(=O)O)ccc1NC(C)C. The number of carboxylic acid groups (broad SMARTS) is 1. The second-order valence-corrected chi connectivity index (χ2v) is 4.02. The molecule has 15 heavy (non-hydrogen) atoms. The van der Waals surface area contributed by atoms with Gasteiger partial charge in [0.05, 0.1) is 6.42 Å². The molecule has 0 amide bonds. The highest BCUT2D eigenvalue weighted by Crippen LogP contribution is 2.17. The second kappa shape index (κ2) is 4.82. The van der Waals surface area contributed by atoms with Gasteiger partial charge in [0, 0.05) is 11.7 Å². The number of aryl methyl sites for hydroxylation is 1. The zero-order chi connectivity index (χ0) is 11.4. The van der Waals surface area contributed by atoms with E-state index in [4.69, 9.17) is 5.11 Å². The van der Waals surface area contributed by atoms with E-state index in [1.807, 2.05) is 25.1 Å². The third-order valence-electron chi connectivity index (χ3n) is 2.09. The van der Waals surface area contributed by atoms with Crippen molar-refractivity contribution in [2.24, 2.45) is 0 Å². The van der Waals surface area contributed by atoms with E-state index in [2.05, 4.69) is 19.2 Å². The van der Waals surface area contributed by atoms with Gasteiger partial charge in [0.25, 0.3) is 0 Å². The van der Waals surface area contributed by atoms with Gasteiger partial charge in [-0.2, -0.15) is 0 Å². The third-order valence-corrected chi connectivity index (χ3v) is 2.09. The molecular formula is C12H17NO2. The maximum atomic E-state index is 10.5. The van der Waals surface area contributed by atoms with E-state index < -0.39 is 5.97 Å². The molecule has 0 saturated carbocycles. The summed E-state index contributed by atoms with van der Waals surface area (Å²) in [7, 11) is 0. The summed E-state index contributed by atoms with van der Waals surface area (Å²) in [5.74, 6) is -0.793. The van der Waals surface area contributed by atoms with Gasteiger partial charge in [0.15, 0.2) is 0 Å². The molecule has 0 atom stereocenters. The van der Waals surface area contributed by atoms with E-state index in [0.717, 1.165) is 16.8 Å². The Balaban J connectivity index is 2.83. The summed E-state index contributed by atoms with van der Waals surface area (Å²) in [4.78, 5) is 10.5. The van der Waals surface area contributed by atoms with E-state index in [0.29, 0.717) is 6.04 Å². The van der Waals surface area contributed by atoms with Crippen molar-refractivity contribution in [3.05, 3.63) is 29.3 Å². The summed E-state index contributed by atoms with van der Waals surface area (Å²) in [5.41, 5.74) is 3.00. The molecule has 0 fully saturated rings. The van der Waals surface area contributed by atoms with Crippen molar-refractivity contribution in [2.45, 2.75) is 33.2 Å². The molecule has 0 spiro atoms. The monoisotopic (exact) mass is 207 g/mol. The molecule has 3 heteroatoms. The highest BCUT2D eigenvalue weighted by Gasteiger charge is 2.04. The summed E-state index contributed by atoms with van der Waals surface area (Å²) >= 11 is 0. The van der Waals surface area contributed by atoms with E-state index >= 15 is 0 Å². The summed E-state index contributed by atoms with van der Waals surface area (Å²) < 4.78 is 0. The molecule has 0 radical (unpaired) electrons. The molecule has 1 aromatic rings. The number of carboxylic acids is 1. The number of carbonyl (C=O) groups is 1. The first-order chi connectivity index (χ1) is 6.99. The lowest BCUT2D eigenvalue weighted by atomic mass is 10.1. The van der Waals surface area contributed by atoms with Crippen molar-refractivity contribution in [2.75, 3.05) is 5.32 Å². The van der Waals surface area contributed by atoms with Crippen LogP contribution in [0.1, 0.15) is 25.0 Å². The Morgan fingerprint density at radius 2 is 2.13 bits per heavy atom. The van der Waals surface area contributed by atoms with Crippen LogP contribution in [0.5, 0.6) is 0 Å². The van der Waals surface area contributed by atoms with Crippen molar-refractivity contribution in [1.29, 1.82) is 0 Å². The van der Waals surface area contributed by atoms with E-state index in [1.54, 1.807) is 0 Å². The van der Waals surface area contributed by atoms with Crippen molar-refractivity contribution < 1.29 is 9.90 Å². The average molecular weight is 207 g/mol. The Morgan fingerprint density at radius 1 is 1.47 bits per heavy atom. The van der Waals surface area contributed by atoms with Gasteiger partial charge in [-0.3, -0.25) is 4.79 Å². The van der Waals surface area contributed by atoms with Gasteiger partial charge in [-0.25, -0.2) is 0 Å². The van der Waals surface area contributed by atoms with E-state index in [1.165, 1.54) is 0 Å². The third kappa shape index (κ3) is 3.62. The normalized spacial score (nSPS) is 10.4. The fourth-order valence-corrected chi connectivity index (χ4v) is 1.48. The topological polar surface area (TPSA) is 49.3 Å². The smallest absolute Gasteiger partial charge is 0.307 e. The number of benzene rings is 1. The molecule has 0 aliphatic heterocycles. The summed E-state index contributed by atoms with van der Waals surface area (Å²) in [6.45, 7) is 6.13. The fourth-order valence-electron chi connectivity index (χ4n) is 1.48. The van der Waals surface area contributed by atoms with Gasteiger partial charge in [-0.1, -0.05) is 12.1 Å². The minimum atomic E-state index is -0.793. The predicted molar refractivity (Wildman–Crippen MR) is 61.3 cm³/mol. The molecule has 1 aromatic carbocycles. The Morgan fingerprint density at radius 3 is 2.60 bits per heavy atom. The Bertz CT molecular complexity index is 359. The minimum Gasteiger partial charge on any atom is -0.481 e. The van der Waals surface area contributed by atoms with E-state index in [-0.39, 0.29) is 6.42 Å². The van der Waals surface area contributed by atoms with Gasteiger partial charge in [0.2, 0.25) is 0 Å². The molecule has 0 saturated heterocycles. The summed E-state index contributed by atoms with van der Waals surface area (Å²) in [6.07, 6.45) is 0.0861. The first-order valence-electron chi connectivity index (χ1n) is 5.07. The lowest BCUT2D eigenvalue weighted by molar-refractivity contribution is -0.136. The molecule has 2 N–H and O–H groups in total. The van der Waals surface area contributed by atoms with Crippen LogP contribution in [0.15, 0.2) is 18.2 Å². The van der Waals surface area contributed by atoms with E-state index in [9.17, 15) is 4.79 Å². The molecule has 0 aromatic heterocycles. The first-order valence-corrected chi connectivity index (χ1v) is 5.07. The van der Waals surface area contributed by atoms with Gasteiger partial charge in [-0.05, 0) is 38.0 Å². The van der Waals surface area contributed by atoms with Crippen LogP contribution >= 0.6 is 0 Å². The van der Waals surface area contributed by atoms with Crippen LogP contribution in [0.25, 0.3) is 0 Å². The lowest BCUT2D eigenvalue weighted by Crippen LogP contribution is -2.11. The number of aliphatic carboxylic acids is 1. The number of hydrogen-bond acceptors (Lipinski definition) is 2. The van der Waals surface area contributed by atoms with Gasteiger partial charge < -0.3 is 10.4 Å². The fraction of sp³-hybridized carbons (Fsp3) is 0.417. The van der Waals surface area contributed by atoms with Crippen LogP contribution in [0.4, 0.5) is 5.69 Å². The Hall–Kier alpha value is -1.51. The maximum Gasteiger partial charge on any atom is 0.307 e. The first kappa shape index (κ1) is 11.6. The largest absolute Gasteiger partial charge is 0.481 e. The van der Waals surface area contributed by atoms with Gasteiger partial charge in [-0.15, -0.1) is 0 Å². The Kier molecular flexibility index (Phi) is 3.72.